The molecular weight excluding hydrogens is 657 g/mol. The average Bonchev–Trinajstić information content (AvgIpc) is 3.19. The smallest absolute Gasteiger partial charge is 0.132 e. The summed E-state index contributed by atoms with van der Waals surface area (Å²) < 4.78 is 40.2. The Morgan fingerprint density at radius 3 is 1.45 bits per heavy atom. The van der Waals surface area contributed by atoms with Crippen LogP contribution in [0, 0.1) is 0 Å². The summed E-state index contributed by atoms with van der Waals surface area (Å²) in [7, 11) is 0. The standard InChI is InChI=1S/C44H48O6S/c1-2-46-40(38-26-16-7-17-27-38)33-51-44-43(49-31-37-24-14-6-15-25-37)42(48-30-36-22-12-5-13-23-36)41(47-29-35-20-10-4-11-21-35)39(50-44)32-45-28-34-18-8-3-9-19-34/h3-27,39-44H,2,28-33H2,1H3/t39-,40+,41-,42+,43-,44+/m1/s1. The Kier molecular flexibility index (Phi) is 14.7. The minimum Gasteiger partial charge on any atom is -0.374 e. The molecular formula is C44H48O6S. The monoisotopic (exact) mass is 704 g/mol. The van der Waals surface area contributed by atoms with Gasteiger partial charge in [-0.1, -0.05) is 152 Å². The van der Waals surface area contributed by atoms with Gasteiger partial charge in [-0.15, -0.1) is 11.8 Å². The van der Waals surface area contributed by atoms with Gasteiger partial charge in [-0.2, -0.15) is 0 Å². The highest BCUT2D eigenvalue weighted by Gasteiger charge is 2.49. The molecule has 0 aliphatic carbocycles. The van der Waals surface area contributed by atoms with Crippen LogP contribution < -0.4 is 0 Å². The molecule has 266 valence electrons. The molecule has 0 amide bonds. The van der Waals surface area contributed by atoms with Crippen LogP contribution in [0.4, 0.5) is 0 Å². The van der Waals surface area contributed by atoms with Crippen LogP contribution in [0.1, 0.15) is 40.8 Å². The van der Waals surface area contributed by atoms with E-state index in [1.165, 1.54) is 0 Å². The lowest BCUT2D eigenvalue weighted by Gasteiger charge is -2.46. The van der Waals surface area contributed by atoms with Crippen molar-refractivity contribution in [2.45, 2.75) is 69.3 Å². The van der Waals surface area contributed by atoms with Gasteiger partial charge in [0, 0.05) is 12.4 Å². The summed E-state index contributed by atoms with van der Waals surface area (Å²) in [4.78, 5) is 0. The molecule has 0 bridgehead atoms. The van der Waals surface area contributed by atoms with Crippen molar-refractivity contribution in [1.82, 2.24) is 0 Å². The van der Waals surface area contributed by atoms with Crippen LogP contribution in [-0.4, -0.2) is 48.8 Å². The zero-order chi connectivity index (χ0) is 34.9. The van der Waals surface area contributed by atoms with Crippen molar-refractivity contribution >= 4 is 11.8 Å². The van der Waals surface area contributed by atoms with Gasteiger partial charge in [0.15, 0.2) is 0 Å². The number of thioether (sulfide) groups is 1. The van der Waals surface area contributed by atoms with Crippen molar-refractivity contribution in [2.75, 3.05) is 19.0 Å². The molecule has 0 aromatic heterocycles. The van der Waals surface area contributed by atoms with Crippen LogP contribution in [0.15, 0.2) is 152 Å². The van der Waals surface area contributed by atoms with Crippen molar-refractivity contribution in [3.05, 3.63) is 179 Å². The molecule has 1 fully saturated rings. The first-order valence-electron chi connectivity index (χ1n) is 17.8. The van der Waals surface area contributed by atoms with E-state index >= 15 is 0 Å². The van der Waals surface area contributed by atoms with Crippen LogP contribution in [0.25, 0.3) is 0 Å². The van der Waals surface area contributed by atoms with E-state index in [4.69, 9.17) is 28.4 Å². The van der Waals surface area contributed by atoms with Crippen molar-refractivity contribution in [2.24, 2.45) is 0 Å². The van der Waals surface area contributed by atoms with Gasteiger partial charge in [0.05, 0.1) is 39.1 Å². The zero-order valence-corrected chi connectivity index (χ0v) is 30.0. The van der Waals surface area contributed by atoms with Gasteiger partial charge in [-0.25, -0.2) is 0 Å². The second-order valence-corrected chi connectivity index (χ2v) is 13.6. The molecule has 5 aromatic carbocycles. The normalized spacial score (nSPS) is 20.9. The van der Waals surface area contributed by atoms with Gasteiger partial charge in [0.25, 0.3) is 0 Å². The first-order valence-corrected chi connectivity index (χ1v) is 18.8. The van der Waals surface area contributed by atoms with E-state index < -0.39 is 24.4 Å². The highest BCUT2D eigenvalue weighted by molar-refractivity contribution is 7.99. The maximum atomic E-state index is 7.03. The molecule has 0 N–H and O–H groups in total. The maximum absolute atomic E-state index is 7.03. The largest absolute Gasteiger partial charge is 0.374 e. The fourth-order valence-electron chi connectivity index (χ4n) is 6.17. The number of hydrogen-bond acceptors (Lipinski definition) is 7. The fourth-order valence-corrected chi connectivity index (χ4v) is 7.47. The average molecular weight is 705 g/mol. The number of benzene rings is 5. The molecule has 1 aliphatic heterocycles. The Balaban J connectivity index is 1.31. The molecule has 0 radical (unpaired) electrons. The van der Waals surface area contributed by atoms with Crippen LogP contribution in [0.2, 0.25) is 0 Å². The quantitative estimate of drug-likeness (QED) is 0.0850. The third-order valence-corrected chi connectivity index (χ3v) is 9.99. The lowest BCUT2D eigenvalue weighted by molar-refractivity contribution is -0.254. The summed E-state index contributed by atoms with van der Waals surface area (Å²) in [5, 5.41) is 0. The molecule has 6 rings (SSSR count). The zero-order valence-electron chi connectivity index (χ0n) is 29.2. The Bertz CT molecular complexity index is 1640. The van der Waals surface area contributed by atoms with Crippen molar-refractivity contribution < 1.29 is 28.4 Å². The van der Waals surface area contributed by atoms with E-state index in [-0.39, 0.29) is 11.5 Å². The lowest BCUT2D eigenvalue weighted by atomic mass is 9.98. The Labute approximate surface area is 307 Å². The van der Waals surface area contributed by atoms with E-state index in [0.717, 1.165) is 27.8 Å². The summed E-state index contributed by atoms with van der Waals surface area (Å²) in [6.45, 7) is 4.65. The van der Waals surface area contributed by atoms with Gasteiger partial charge in [-0.3, -0.25) is 0 Å². The van der Waals surface area contributed by atoms with Gasteiger partial charge >= 0.3 is 0 Å². The predicted molar refractivity (Wildman–Crippen MR) is 203 cm³/mol. The van der Waals surface area contributed by atoms with E-state index in [0.29, 0.717) is 45.4 Å². The van der Waals surface area contributed by atoms with E-state index in [9.17, 15) is 0 Å². The van der Waals surface area contributed by atoms with Crippen molar-refractivity contribution in [1.29, 1.82) is 0 Å². The van der Waals surface area contributed by atoms with Gasteiger partial charge in [-0.05, 0) is 34.7 Å². The number of rotatable bonds is 19. The van der Waals surface area contributed by atoms with E-state index in [1.54, 1.807) is 11.8 Å². The molecule has 1 heterocycles. The molecule has 6 atom stereocenters. The first kappa shape index (κ1) is 37.0. The third kappa shape index (κ3) is 11.3. The summed E-state index contributed by atoms with van der Waals surface area (Å²) in [5.74, 6) is 0.673. The van der Waals surface area contributed by atoms with Crippen LogP contribution in [0.5, 0.6) is 0 Å². The molecule has 7 heteroatoms. The summed E-state index contributed by atoms with van der Waals surface area (Å²) in [6, 6.07) is 51.3. The van der Waals surface area contributed by atoms with E-state index in [1.807, 2.05) is 85.8 Å². The minimum absolute atomic E-state index is 0.108. The lowest BCUT2D eigenvalue weighted by Crippen LogP contribution is -2.60. The fraction of sp³-hybridized carbons (Fsp3) is 0.318. The van der Waals surface area contributed by atoms with Gasteiger partial charge in [0.2, 0.25) is 0 Å². The van der Waals surface area contributed by atoms with Crippen molar-refractivity contribution in [3.63, 3.8) is 0 Å². The van der Waals surface area contributed by atoms with Gasteiger partial charge in [0.1, 0.15) is 29.9 Å². The first-order chi connectivity index (χ1) is 25.3. The SMILES string of the molecule is CCO[C@@H](CS[C@@H]1O[C@H](COCc2ccccc2)[C@@H](OCc2ccccc2)[C@H](OCc2ccccc2)[C@H]1OCc1ccccc1)c1ccccc1. The summed E-state index contributed by atoms with van der Waals surface area (Å²) in [6.07, 6.45) is -1.92. The molecule has 1 saturated heterocycles. The number of ether oxygens (including phenoxy) is 6. The topological polar surface area (TPSA) is 55.4 Å². The summed E-state index contributed by atoms with van der Waals surface area (Å²) in [5.41, 5.74) is 5.08. The Morgan fingerprint density at radius 1 is 0.529 bits per heavy atom. The molecule has 0 saturated carbocycles. The van der Waals surface area contributed by atoms with Gasteiger partial charge < -0.3 is 28.4 Å². The highest BCUT2D eigenvalue weighted by Crippen LogP contribution is 2.37. The molecule has 1 aliphatic rings. The summed E-state index contributed by atoms with van der Waals surface area (Å²) >= 11 is 1.70. The van der Waals surface area contributed by atoms with Crippen LogP contribution >= 0.6 is 11.8 Å². The second-order valence-electron chi connectivity index (χ2n) is 12.5. The maximum Gasteiger partial charge on any atom is 0.132 e. The molecule has 0 spiro atoms. The molecule has 0 unspecified atom stereocenters. The predicted octanol–water partition coefficient (Wildman–Crippen LogP) is 9.20. The van der Waals surface area contributed by atoms with E-state index in [2.05, 4.69) is 72.8 Å². The van der Waals surface area contributed by atoms with Crippen molar-refractivity contribution in [3.8, 4) is 0 Å². The Morgan fingerprint density at radius 2 is 0.961 bits per heavy atom. The second kappa shape index (κ2) is 20.3. The van der Waals surface area contributed by atoms with Crippen LogP contribution in [-0.2, 0) is 54.8 Å². The number of hydrogen-bond donors (Lipinski definition) is 0. The molecule has 51 heavy (non-hydrogen) atoms. The molecule has 6 nitrogen and oxygen atoms in total. The minimum atomic E-state index is -0.473. The molecule has 5 aromatic rings. The van der Waals surface area contributed by atoms with Crippen LogP contribution in [0.3, 0.4) is 0 Å². The Hall–Kier alpha value is -3.79. The third-order valence-electron chi connectivity index (χ3n) is 8.79. The highest BCUT2D eigenvalue weighted by atomic mass is 32.2.